The second-order valence-corrected chi connectivity index (χ2v) is 11.0. The number of pyridine rings is 1. The first-order valence-electron chi connectivity index (χ1n) is 14.2. The van der Waals surface area contributed by atoms with Gasteiger partial charge in [0.15, 0.2) is 11.5 Å². The second-order valence-electron chi connectivity index (χ2n) is 10.0. The number of methoxy groups -OCH3 is 2. The van der Waals surface area contributed by atoms with Gasteiger partial charge in [-0.3, -0.25) is 4.90 Å². The largest absolute Gasteiger partial charge is 0.493 e. The monoisotopic (exact) mass is 613 g/mol. The van der Waals surface area contributed by atoms with Crippen molar-refractivity contribution in [3.63, 3.8) is 0 Å². The van der Waals surface area contributed by atoms with Gasteiger partial charge in [-0.15, -0.1) is 0 Å². The molecule has 4 heterocycles. The van der Waals surface area contributed by atoms with E-state index in [0.29, 0.717) is 58.1 Å². The number of hydrogen-bond donors (Lipinski definition) is 0. The summed E-state index contributed by atoms with van der Waals surface area (Å²) < 4.78 is 24.4. The van der Waals surface area contributed by atoms with Gasteiger partial charge >= 0.3 is 12.1 Å². The molecule has 44 heavy (non-hydrogen) atoms. The van der Waals surface area contributed by atoms with Gasteiger partial charge < -0.3 is 18.9 Å². The van der Waals surface area contributed by atoms with Crippen molar-refractivity contribution in [3.8, 4) is 22.6 Å². The maximum atomic E-state index is 13.8. The van der Waals surface area contributed by atoms with Crippen LogP contribution in [-0.4, -0.2) is 59.2 Å². The van der Waals surface area contributed by atoms with Gasteiger partial charge in [-0.05, 0) is 37.0 Å². The number of carbonyl (C=O) groups excluding carboxylic acids is 2. The van der Waals surface area contributed by atoms with E-state index in [1.807, 2.05) is 42.5 Å². The number of nitrogens with zero attached hydrogens (tertiary/aromatic N) is 5. The summed E-state index contributed by atoms with van der Waals surface area (Å²) in [6.45, 7) is 2.78. The molecule has 1 aliphatic rings. The molecule has 226 valence electrons. The van der Waals surface area contributed by atoms with Crippen LogP contribution in [0.25, 0.3) is 21.3 Å². The van der Waals surface area contributed by atoms with E-state index in [-0.39, 0.29) is 19.8 Å². The predicted molar refractivity (Wildman–Crippen MR) is 166 cm³/mol. The van der Waals surface area contributed by atoms with Crippen LogP contribution in [0.15, 0.2) is 61.2 Å². The SMILES string of the molecule is CCOC(=O)c1c(Cn2cncn2)nc2sc3c(c2c1-c1cccc(OC)c1OC)CCCN3C(=O)OCc1ccccc1. The van der Waals surface area contributed by atoms with Crippen molar-refractivity contribution < 1.29 is 28.5 Å². The molecule has 0 N–H and O–H groups in total. The molecule has 0 unspecified atom stereocenters. The fraction of sp³-hybridized carbons (Fsp3) is 0.281. The first-order chi connectivity index (χ1) is 21.5. The van der Waals surface area contributed by atoms with Crippen LogP contribution in [-0.2, 0) is 29.0 Å². The van der Waals surface area contributed by atoms with Gasteiger partial charge in [0.25, 0.3) is 0 Å². The number of carbonyl (C=O) groups is 2. The van der Waals surface area contributed by atoms with Crippen LogP contribution in [0.2, 0.25) is 0 Å². The zero-order valence-corrected chi connectivity index (χ0v) is 25.4. The van der Waals surface area contributed by atoms with Crippen molar-refractivity contribution in [2.75, 3.05) is 32.3 Å². The first kappa shape index (κ1) is 29.1. The van der Waals surface area contributed by atoms with Crippen molar-refractivity contribution in [1.82, 2.24) is 19.7 Å². The van der Waals surface area contributed by atoms with Crippen LogP contribution in [0, 0.1) is 0 Å². The van der Waals surface area contributed by atoms with Gasteiger partial charge in [0.2, 0.25) is 0 Å². The van der Waals surface area contributed by atoms with E-state index < -0.39 is 12.1 Å². The normalized spacial score (nSPS) is 12.6. The van der Waals surface area contributed by atoms with Gasteiger partial charge in [-0.25, -0.2) is 24.2 Å². The summed E-state index contributed by atoms with van der Waals surface area (Å²) in [5.41, 5.74) is 3.82. The van der Waals surface area contributed by atoms with E-state index in [9.17, 15) is 9.59 Å². The lowest BCUT2D eigenvalue weighted by Crippen LogP contribution is -2.35. The Labute approximate surface area is 258 Å². The van der Waals surface area contributed by atoms with E-state index in [4.69, 9.17) is 23.9 Å². The van der Waals surface area contributed by atoms with Crippen LogP contribution in [0.5, 0.6) is 11.5 Å². The van der Waals surface area contributed by atoms with Crippen molar-refractivity contribution in [2.45, 2.75) is 32.9 Å². The number of amides is 1. The Hall–Kier alpha value is -4.97. The Balaban J connectivity index is 1.58. The summed E-state index contributed by atoms with van der Waals surface area (Å²) in [7, 11) is 3.13. The molecule has 3 aromatic heterocycles. The minimum Gasteiger partial charge on any atom is -0.493 e. The Morgan fingerprint density at radius 3 is 2.59 bits per heavy atom. The van der Waals surface area contributed by atoms with E-state index in [0.717, 1.165) is 21.5 Å². The molecule has 1 amide bonds. The molecule has 0 saturated heterocycles. The van der Waals surface area contributed by atoms with Crippen LogP contribution < -0.4 is 14.4 Å². The molecule has 0 saturated carbocycles. The highest BCUT2D eigenvalue weighted by molar-refractivity contribution is 7.23. The van der Waals surface area contributed by atoms with Crippen molar-refractivity contribution in [1.29, 1.82) is 0 Å². The van der Waals surface area contributed by atoms with Gasteiger partial charge in [0.1, 0.15) is 29.1 Å². The number of anilines is 1. The lowest BCUT2D eigenvalue weighted by Gasteiger charge is -2.26. The molecule has 0 bridgehead atoms. The molecule has 6 rings (SSSR count). The molecule has 11 nitrogen and oxygen atoms in total. The maximum Gasteiger partial charge on any atom is 0.415 e. The molecule has 1 aliphatic heterocycles. The minimum atomic E-state index is -0.522. The van der Waals surface area contributed by atoms with Crippen LogP contribution in [0.3, 0.4) is 0 Å². The Morgan fingerprint density at radius 1 is 1.02 bits per heavy atom. The number of hydrogen-bond acceptors (Lipinski definition) is 10. The summed E-state index contributed by atoms with van der Waals surface area (Å²) in [5.74, 6) is 0.458. The Kier molecular flexibility index (Phi) is 8.42. The average molecular weight is 614 g/mol. The number of aryl methyl sites for hydroxylation is 1. The third-order valence-corrected chi connectivity index (χ3v) is 8.55. The van der Waals surface area contributed by atoms with E-state index in [2.05, 4.69) is 10.1 Å². The van der Waals surface area contributed by atoms with Gasteiger partial charge in [0.05, 0.1) is 38.6 Å². The summed E-state index contributed by atoms with van der Waals surface area (Å²) in [6.07, 6.45) is 3.95. The Bertz CT molecular complexity index is 1810. The number of fused-ring (bicyclic) bond motifs is 3. The molecular formula is C32H31N5O6S. The van der Waals surface area contributed by atoms with Gasteiger partial charge in [-0.2, -0.15) is 5.10 Å². The maximum absolute atomic E-state index is 13.8. The standard InChI is InChI=1S/C32H31N5O6S/c1-4-42-31(38)27-23(16-36-19-33-18-34-36)35-29-26(25(27)21-12-8-14-24(40-2)28(21)41-3)22-13-9-15-37(30(22)44-29)32(39)43-17-20-10-6-5-7-11-20/h5-8,10-12,14,18-19H,4,9,13,15-17H2,1-3H3. The van der Waals surface area contributed by atoms with Gasteiger partial charge in [0, 0.05) is 23.1 Å². The predicted octanol–water partition coefficient (Wildman–Crippen LogP) is 5.89. The highest BCUT2D eigenvalue weighted by atomic mass is 32.1. The number of thiophene rings is 1. The van der Waals surface area contributed by atoms with Crippen LogP contribution >= 0.6 is 11.3 Å². The highest BCUT2D eigenvalue weighted by Gasteiger charge is 2.34. The first-order valence-corrected chi connectivity index (χ1v) is 15.0. The zero-order chi connectivity index (χ0) is 30.6. The van der Waals surface area contributed by atoms with E-state index >= 15 is 0 Å². The van der Waals surface area contributed by atoms with E-state index in [1.165, 1.54) is 17.7 Å². The van der Waals surface area contributed by atoms with Gasteiger partial charge in [-0.1, -0.05) is 53.8 Å². The molecule has 0 aliphatic carbocycles. The number of benzene rings is 2. The fourth-order valence-electron chi connectivity index (χ4n) is 5.52. The summed E-state index contributed by atoms with van der Waals surface area (Å²) in [6, 6.07) is 15.1. The Morgan fingerprint density at radius 2 is 1.86 bits per heavy atom. The molecule has 0 atom stereocenters. The minimum absolute atomic E-state index is 0.163. The summed E-state index contributed by atoms with van der Waals surface area (Å²) in [5, 5.41) is 5.76. The van der Waals surface area contributed by atoms with Crippen LogP contribution in [0.1, 0.15) is 40.5 Å². The zero-order valence-electron chi connectivity index (χ0n) is 24.6. The highest BCUT2D eigenvalue weighted by Crippen LogP contribution is 2.50. The lowest BCUT2D eigenvalue weighted by molar-refractivity contribution is 0.0525. The lowest BCUT2D eigenvalue weighted by atomic mass is 9.91. The summed E-state index contributed by atoms with van der Waals surface area (Å²) in [4.78, 5) is 38.7. The number of aromatic nitrogens is 4. The van der Waals surface area contributed by atoms with E-state index in [1.54, 1.807) is 43.1 Å². The smallest absolute Gasteiger partial charge is 0.415 e. The molecule has 5 aromatic rings. The molecule has 0 radical (unpaired) electrons. The third kappa shape index (κ3) is 5.44. The van der Waals surface area contributed by atoms with Crippen molar-refractivity contribution >= 4 is 38.6 Å². The molecular weight excluding hydrogens is 582 g/mol. The summed E-state index contributed by atoms with van der Waals surface area (Å²) >= 11 is 1.40. The molecule has 12 heteroatoms. The van der Waals surface area contributed by atoms with Crippen molar-refractivity contribution in [2.24, 2.45) is 0 Å². The number of rotatable bonds is 9. The quantitative estimate of drug-likeness (QED) is 0.188. The fourth-order valence-corrected chi connectivity index (χ4v) is 6.79. The number of esters is 1. The topological polar surface area (TPSA) is 118 Å². The average Bonchev–Trinajstić information content (AvgIpc) is 3.70. The third-order valence-electron chi connectivity index (χ3n) is 7.40. The number of para-hydroxylation sites is 1. The molecule has 0 fully saturated rings. The van der Waals surface area contributed by atoms with Crippen LogP contribution in [0.4, 0.5) is 9.80 Å². The molecule has 2 aromatic carbocycles. The molecule has 0 spiro atoms. The second kappa shape index (κ2) is 12.7. The van der Waals surface area contributed by atoms with Crippen molar-refractivity contribution in [3.05, 3.63) is 83.6 Å². The number of ether oxygens (including phenoxy) is 4.